The summed E-state index contributed by atoms with van der Waals surface area (Å²) in [7, 11) is 0. The van der Waals surface area contributed by atoms with Gasteiger partial charge in [-0.25, -0.2) is 0 Å². The Bertz CT molecular complexity index is 274. The molecule has 4 N–H and O–H groups in total. The normalized spacial score (nSPS) is 44.8. The van der Waals surface area contributed by atoms with Crippen molar-refractivity contribution in [3.8, 4) is 0 Å². The van der Waals surface area contributed by atoms with Gasteiger partial charge in [0.25, 0.3) is 0 Å². The van der Waals surface area contributed by atoms with E-state index in [2.05, 4.69) is 5.32 Å². The van der Waals surface area contributed by atoms with Gasteiger partial charge in [-0.3, -0.25) is 0 Å². The Balaban J connectivity index is 1.84. The lowest BCUT2D eigenvalue weighted by Crippen LogP contribution is -2.60. The molecule has 3 heteroatoms. The van der Waals surface area contributed by atoms with E-state index in [-0.39, 0.29) is 5.41 Å². The molecule has 0 amide bonds. The van der Waals surface area contributed by atoms with Crippen LogP contribution in [0, 0.1) is 5.41 Å². The maximum absolute atomic E-state index is 11.2. The van der Waals surface area contributed by atoms with Crippen LogP contribution in [-0.2, 0) is 0 Å². The zero-order chi connectivity index (χ0) is 11.9. The molecule has 17 heavy (non-hydrogen) atoms. The zero-order valence-electron chi connectivity index (χ0n) is 10.8. The molecule has 2 saturated heterocycles. The van der Waals surface area contributed by atoms with Crippen LogP contribution in [0.1, 0.15) is 57.8 Å². The van der Waals surface area contributed by atoms with Gasteiger partial charge in [-0.05, 0) is 38.5 Å². The summed E-state index contributed by atoms with van der Waals surface area (Å²) in [4.78, 5) is 0. The third-order valence-corrected chi connectivity index (χ3v) is 5.69. The van der Waals surface area contributed by atoms with E-state index < -0.39 is 5.60 Å². The Morgan fingerprint density at radius 1 is 1.06 bits per heavy atom. The molecule has 2 bridgehead atoms. The molecule has 3 aliphatic rings. The van der Waals surface area contributed by atoms with E-state index in [9.17, 15) is 5.11 Å². The monoisotopic (exact) mass is 238 g/mol. The van der Waals surface area contributed by atoms with Crippen LogP contribution in [0.4, 0.5) is 0 Å². The number of piperidine rings is 1. The van der Waals surface area contributed by atoms with Gasteiger partial charge in [0.15, 0.2) is 0 Å². The van der Waals surface area contributed by atoms with Crippen molar-refractivity contribution in [3.63, 3.8) is 0 Å². The first-order chi connectivity index (χ1) is 8.17. The van der Waals surface area contributed by atoms with Crippen molar-refractivity contribution in [2.24, 2.45) is 11.1 Å². The Morgan fingerprint density at radius 2 is 1.65 bits per heavy atom. The summed E-state index contributed by atoms with van der Waals surface area (Å²) in [6.45, 7) is 0.670. The van der Waals surface area contributed by atoms with E-state index in [4.69, 9.17) is 5.73 Å². The van der Waals surface area contributed by atoms with E-state index in [0.717, 1.165) is 25.7 Å². The molecule has 0 aromatic carbocycles. The van der Waals surface area contributed by atoms with Gasteiger partial charge in [0, 0.05) is 24.0 Å². The van der Waals surface area contributed by atoms with Crippen LogP contribution in [0.25, 0.3) is 0 Å². The summed E-state index contributed by atoms with van der Waals surface area (Å²) in [6.07, 6.45) is 10.5. The van der Waals surface area contributed by atoms with Gasteiger partial charge < -0.3 is 16.2 Å². The van der Waals surface area contributed by atoms with Crippen LogP contribution in [0.15, 0.2) is 0 Å². The van der Waals surface area contributed by atoms with Crippen LogP contribution in [0.5, 0.6) is 0 Å². The molecule has 3 nitrogen and oxygen atoms in total. The Hall–Kier alpha value is -0.120. The average molecular weight is 238 g/mol. The molecule has 2 aliphatic heterocycles. The number of nitrogens with two attached hydrogens (primary N) is 1. The van der Waals surface area contributed by atoms with Crippen molar-refractivity contribution in [1.29, 1.82) is 0 Å². The SMILES string of the molecule is NCC1(C2(O)CC3CCC(C2)N3)CCCCC1. The Kier molecular flexibility index (Phi) is 2.96. The Labute approximate surface area is 104 Å². The number of nitrogens with one attached hydrogen (secondary N) is 1. The average Bonchev–Trinajstić information content (AvgIpc) is 2.70. The smallest absolute Gasteiger partial charge is 0.0745 e. The number of aliphatic hydroxyl groups is 1. The van der Waals surface area contributed by atoms with Gasteiger partial charge in [-0.15, -0.1) is 0 Å². The first-order valence-corrected chi connectivity index (χ1v) is 7.36. The predicted molar refractivity (Wildman–Crippen MR) is 68.7 cm³/mol. The molecule has 1 aliphatic carbocycles. The fraction of sp³-hybridized carbons (Fsp3) is 1.00. The second-order valence-electron chi connectivity index (χ2n) is 6.62. The van der Waals surface area contributed by atoms with Gasteiger partial charge >= 0.3 is 0 Å². The second kappa shape index (κ2) is 4.22. The molecular weight excluding hydrogens is 212 g/mol. The van der Waals surface area contributed by atoms with Crippen LogP contribution in [0.2, 0.25) is 0 Å². The quantitative estimate of drug-likeness (QED) is 0.684. The molecular formula is C14H26N2O. The summed E-state index contributed by atoms with van der Waals surface area (Å²) < 4.78 is 0. The van der Waals surface area contributed by atoms with E-state index >= 15 is 0 Å². The maximum atomic E-state index is 11.2. The third kappa shape index (κ3) is 1.83. The number of hydrogen-bond donors (Lipinski definition) is 3. The fourth-order valence-corrected chi connectivity index (χ4v) is 4.64. The molecule has 2 atom stereocenters. The molecule has 2 heterocycles. The zero-order valence-corrected chi connectivity index (χ0v) is 10.8. The highest BCUT2D eigenvalue weighted by Crippen LogP contribution is 2.51. The minimum atomic E-state index is -0.487. The highest BCUT2D eigenvalue weighted by molar-refractivity contribution is 5.09. The van der Waals surface area contributed by atoms with Gasteiger partial charge in [-0.1, -0.05) is 19.3 Å². The minimum absolute atomic E-state index is 0.0220. The van der Waals surface area contributed by atoms with Crippen molar-refractivity contribution in [3.05, 3.63) is 0 Å². The fourth-order valence-electron chi connectivity index (χ4n) is 4.64. The van der Waals surface area contributed by atoms with Gasteiger partial charge in [0.2, 0.25) is 0 Å². The van der Waals surface area contributed by atoms with E-state index in [1.54, 1.807) is 0 Å². The van der Waals surface area contributed by atoms with Gasteiger partial charge in [-0.2, -0.15) is 0 Å². The lowest BCUT2D eigenvalue weighted by molar-refractivity contribution is -0.127. The maximum Gasteiger partial charge on any atom is 0.0745 e. The largest absolute Gasteiger partial charge is 0.389 e. The molecule has 98 valence electrons. The topological polar surface area (TPSA) is 58.3 Å². The highest BCUT2D eigenvalue weighted by atomic mass is 16.3. The molecule has 1 saturated carbocycles. The van der Waals surface area contributed by atoms with Crippen LogP contribution in [0.3, 0.4) is 0 Å². The Morgan fingerprint density at radius 3 is 2.18 bits per heavy atom. The first-order valence-electron chi connectivity index (χ1n) is 7.36. The molecule has 0 radical (unpaired) electrons. The van der Waals surface area contributed by atoms with Crippen molar-refractivity contribution in [2.75, 3.05) is 6.54 Å². The van der Waals surface area contributed by atoms with Crippen LogP contribution < -0.4 is 11.1 Å². The summed E-state index contributed by atoms with van der Waals surface area (Å²) in [6, 6.07) is 1.09. The predicted octanol–water partition coefficient (Wildman–Crippen LogP) is 1.54. The highest BCUT2D eigenvalue weighted by Gasteiger charge is 2.54. The van der Waals surface area contributed by atoms with E-state index in [1.165, 1.54) is 32.1 Å². The van der Waals surface area contributed by atoms with Crippen LogP contribution in [-0.4, -0.2) is 29.3 Å². The summed E-state index contributed by atoms with van der Waals surface area (Å²) >= 11 is 0. The van der Waals surface area contributed by atoms with E-state index in [0.29, 0.717) is 18.6 Å². The summed E-state index contributed by atoms with van der Waals surface area (Å²) in [5.74, 6) is 0. The third-order valence-electron chi connectivity index (χ3n) is 5.69. The second-order valence-corrected chi connectivity index (χ2v) is 6.62. The number of rotatable bonds is 2. The molecule has 2 unspecified atom stereocenters. The lowest BCUT2D eigenvalue weighted by atomic mass is 9.59. The molecule has 3 fully saturated rings. The molecule has 0 aromatic rings. The van der Waals surface area contributed by atoms with Gasteiger partial charge in [0.05, 0.1) is 5.60 Å². The summed E-state index contributed by atoms with van der Waals surface area (Å²) in [5.41, 5.74) is 5.62. The molecule has 3 rings (SSSR count). The standard InChI is InChI=1S/C14H26N2O/c15-10-13(6-2-1-3-7-13)14(17)8-11-4-5-12(9-14)16-11/h11-12,16-17H,1-10,15H2. The van der Waals surface area contributed by atoms with E-state index in [1.807, 2.05) is 0 Å². The summed E-state index contributed by atoms with van der Waals surface area (Å²) in [5, 5.41) is 14.8. The van der Waals surface area contributed by atoms with Crippen molar-refractivity contribution < 1.29 is 5.11 Å². The lowest BCUT2D eigenvalue weighted by Gasteiger charge is -2.52. The molecule has 0 aromatic heterocycles. The van der Waals surface area contributed by atoms with Crippen molar-refractivity contribution in [2.45, 2.75) is 75.5 Å². The van der Waals surface area contributed by atoms with Crippen LogP contribution >= 0.6 is 0 Å². The minimum Gasteiger partial charge on any atom is -0.389 e. The molecule has 0 spiro atoms. The van der Waals surface area contributed by atoms with Crippen molar-refractivity contribution in [1.82, 2.24) is 5.32 Å². The van der Waals surface area contributed by atoms with Gasteiger partial charge in [0.1, 0.15) is 0 Å². The number of fused-ring (bicyclic) bond motifs is 2. The van der Waals surface area contributed by atoms with Crippen molar-refractivity contribution >= 4 is 0 Å². The first kappa shape index (κ1) is 11.9. The number of hydrogen-bond acceptors (Lipinski definition) is 3.